The average Bonchev–Trinajstić information content (AvgIpc) is 3.26. The van der Waals surface area contributed by atoms with E-state index in [2.05, 4.69) is 19.6 Å². The highest BCUT2D eigenvalue weighted by Gasteiger charge is 2.60. The lowest BCUT2D eigenvalue weighted by Crippen LogP contribution is -2.63. The van der Waals surface area contributed by atoms with Gasteiger partial charge in [0.15, 0.2) is 0 Å². The van der Waals surface area contributed by atoms with Crippen LogP contribution in [0.15, 0.2) is 16.3 Å². The van der Waals surface area contributed by atoms with Gasteiger partial charge in [-0.3, -0.25) is 19.7 Å². The first kappa shape index (κ1) is 26.7. The molecule has 0 saturated carbocycles. The summed E-state index contributed by atoms with van der Waals surface area (Å²) >= 11 is 0. The molecule has 0 bridgehead atoms. The van der Waals surface area contributed by atoms with Crippen LogP contribution in [0.3, 0.4) is 0 Å². The second-order valence-corrected chi connectivity index (χ2v) is 10.8. The number of sulfonamides is 1. The molecule has 2 saturated heterocycles. The fourth-order valence-electron chi connectivity index (χ4n) is 4.77. The Balaban J connectivity index is 1.77. The quantitative estimate of drug-likeness (QED) is 0.165. The molecule has 0 radical (unpaired) electrons. The van der Waals surface area contributed by atoms with Gasteiger partial charge in [-0.25, -0.2) is 23.0 Å². The number of rotatable bonds is 6. The minimum Gasteiger partial charge on any atom is -0.447 e. The molecule has 7 atom stereocenters. The van der Waals surface area contributed by atoms with Crippen LogP contribution in [0, 0.1) is 11.8 Å². The van der Waals surface area contributed by atoms with E-state index in [-0.39, 0.29) is 35.6 Å². The van der Waals surface area contributed by atoms with Crippen LogP contribution in [0.5, 0.6) is 0 Å². The van der Waals surface area contributed by atoms with Gasteiger partial charge in [-0.05, 0) is 18.9 Å². The van der Waals surface area contributed by atoms with Crippen LogP contribution in [0.4, 0.5) is 4.79 Å². The fraction of sp³-hybridized carbons (Fsp3) is 0.667. The van der Waals surface area contributed by atoms with Gasteiger partial charge >= 0.3 is 12.1 Å². The standard InChI is InChI=1S/C18H29N5O8P2S/c1-8-11(14(16(26)30-32)23-13(8)12(9(2)24)15(23)25)7-22-5-4-10(6-22)19-17(20-18(27)31-33)21-34(3,28)29/h8-10,12-13,24H,4-7,32-33H2,1-3H3,(H2,19,20,21,27)/t8-,9+,10-,12?,13+/m0/s1. The number of hydrogen-bond donors (Lipinski definition) is 3. The van der Waals surface area contributed by atoms with Crippen molar-refractivity contribution in [2.24, 2.45) is 16.8 Å². The molecule has 3 heterocycles. The minimum absolute atomic E-state index is 0.167. The molecule has 190 valence electrons. The largest absolute Gasteiger partial charge is 0.447 e. The fourth-order valence-corrected chi connectivity index (χ4v) is 5.39. The predicted octanol–water partition coefficient (Wildman–Crippen LogP) is -1.07. The van der Waals surface area contributed by atoms with E-state index in [0.717, 1.165) is 11.8 Å². The third kappa shape index (κ3) is 5.52. The van der Waals surface area contributed by atoms with E-state index in [0.29, 0.717) is 26.1 Å². The number of β-lactam (4-membered cyclic amide) rings is 1. The van der Waals surface area contributed by atoms with Gasteiger partial charge in [-0.2, -0.15) is 0 Å². The van der Waals surface area contributed by atoms with Gasteiger partial charge in [0.1, 0.15) is 5.70 Å². The van der Waals surface area contributed by atoms with Crippen LogP contribution in [0.1, 0.15) is 20.3 Å². The van der Waals surface area contributed by atoms with Gasteiger partial charge in [0, 0.05) is 25.6 Å². The number of amides is 2. The first-order valence-corrected chi connectivity index (χ1v) is 13.3. The van der Waals surface area contributed by atoms with Crippen LogP contribution in [-0.4, -0.2) is 91.3 Å². The molecular weight excluding hydrogens is 508 g/mol. The summed E-state index contributed by atoms with van der Waals surface area (Å²) in [6, 6.07) is -0.655. The Morgan fingerprint density at radius 1 is 1.32 bits per heavy atom. The minimum atomic E-state index is -3.69. The van der Waals surface area contributed by atoms with Crippen molar-refractivity contribution in [3.8, 4) is 0 Å². The summed E-state index contributed by atoms with van der Waals surface area (Å²) in [5.41, 5.74) is 0.934. The second kappa shape index (κ2) is 10.4. The number of fused-ring (bicyclic) bond motifs is 1. The van der Waals surface area contributed by atoms with E-state index in [1.807, 2.05) is 21.3 Å². The predicted molar refractivity (Wildman–Crippen MR) is 127 cm³/mol. The number of aliphatic hydroxyl groups excluding tert-OH is 1. The first-order valence-electron chi connectivity index (χ1n) is 10.5. The molecule has 0 aliphatic carbocycles. The smallest absolute Gasteiger partial charge is 0.416 e. The van der Waals surface area contributed by atoms with Gasteiger partial charge in [0.25, 0.3) is 0 Å². The van der Waals surface area contributed by atoms with E-state index < -0.39 is 34.1 Å². The Labute approximate surface area is 202 Å². The van der Waals surface area contributed by atoms with Crippen molar-refractivity contribution in [2.75, 3.05) is 25.9 Å². The van der Waals surface area contributed by atoms with E-state index in [1.54, 1.807) is 16.4 Å². The molecule has 0 aromatic carbocycles. The van der Waals surface area contributed by atoms with E-state index in [9.17, 15) is 27.9 Å². The number of nitrogens with zero attached hydrogens (tertiary/aromatic N) is 3. The molecule has 3 rings (SSSR count). The molecule has 2 fully saturated rings. The third-order valence-corrected chi connectivity index (χ3v) is 7.17. The molecule has 3 aliphatic heterocycles. The molecule has 3 unspecified atom stereocenters. The lowest BCUT2D eigenvalue weighted by atomic mass is 9.77. The Bertz CT molecular complexity index is 1030. The van der Waals surface area contributed by atoms with E-state index >= 15 is 0 Å². The molecule has 0 aromatic rings. The highest BCUT2D eigenvalue weighted by atomic mass is 32.2. The molecule has 0 spiro atoms. The van der Waals surface area contributed by atoms with Crippen molar-refractivity contribution in [3.63, 3.8) is 0 Å². The number of likely N-dealkylation sites (tertiary alicyclic amines) is 1. The molecule has 16 heteroatoms. The van der Waals surface area contributed by atoms with E-state index in [4.69, 9.17) is 4.52 Å². The number of nitrogens with one attached hydrogen (secondary N) is 2. The number of guanidine groups is 1. The number of carbonyl (C=O) groups excluding carboxylic acids is 3. The number of aliphatic imine (C=N–C) groups is 1. The zero-order chi connectivity index (χ0) is 25.4. The molecule has 34 heavy (non-hydrogen) atoms. The summed E-state index contributed by atoms with van der Waals surface area (Å²) in [5.74, 6) is -1.94. The summed E-state index contributed by atoms with van der Waals surface area (Å²) < 4.78 is 34.6. The summed E-state index contributed by atoms with van der Waals surface area (Å²) in [4.78, 5) is 44.4. The van der Waals surface area contributed by atoms with Crippen LogP contribution < -0.4 is 10.0 Å². The van der Waals surface area contributed by atoms with E-state index in [1.165, 1.54) is 4.90 Å². The molecule has 0 aromatic heterocycles. The van der Waals surface area contributed by atoms with Gasteiger partial charge in [0.05, 0.1) is 49.3 Å². The zero-order valence-electron chi connectivity index (χ0n) is 18.9. The number of hydrogen-bond acceptors (Lipinski definition) is 10. The van der Waals surface area contributed by atoms with Crippen molar-refractivity contribution in [1.29, 1.82) is 0 Å². The molecular formula is C18H29N5O8P2S. The lowest BCUT2D eigenvalue weighted by molar-refractivity contribution is -0.162. The Kier molecular flexibility index (Phi) is 8.19. The summed E-state index contributed by atoms with van der Waals surface area (Å²) in [6.07, 6.45) is -0.235. The topological polar surface area (TPSA) is 167 Å². The maximum absolute atomic E-state index is 12.6. The van der Waals surface area contributed by atoms with Crippen LogP contribution in [-0.2, 0) is 28.7 Å². The summed E-state index contributed by atoms with van der Waals surface area (Å²) in [5, 5.41) is 12.3. The Morgan fingerprint density at radius 3 is 2.56 bits per heavy atom. The van der Waals surface area contributed by atoms with Gasteiger partial charge in [-0.15, -0.1) is 0 Å². The van der Waals surface area contributed by atoms with Crippen molar-refractivity contribution in [2.45, 2.75) is 38.5 Å². The van der Waals surface area contributed by atoms with Crippen LogP contribution in [0.2, 0.25) is 0 Å². The van der Waals surface area contributed by atoms with Crippen LogP contribution in [0.25, 0.3) is 0 Å². The Hall–Kier alpha value is -1.85. The molecule has 13 nitrogen and oxygen atoms in total. The SMILES string of the molecule is C[C@@H](O)C1C(=O)N2C(C(=O)OP)=C(CN3CC[C@H](N=C(NC(=O)OP)NS(C)(=O)=O)C3)[C@H](C)[C@H]12. The Morgan fingerprint density at radius 2 is 2.00 bits per heavy atom. The van der Waals surface area contributed by atoms with Crippen LogP contribution >= 0.6 is 18.9 Å². The monoisotopic (exact) mass is 537 g/mol. The van der Waals surface area contributed by atoms with Crippen molar-refractivity contribution < 1.29 is 37.0 Å². The third-order valence-electron chi connectivity index (χ3n) is 6.18. The first-order chi connectivity index (χ1) is 15.9. The maximum Gasteiger partial charge on any atom is 0.416 e. The normalized spacial score (nSPS) is 28.4. The summed E-state index contributed by atoms with van der Waals surface area (Å²) in [7, 11) is -0.0381. The zero-order valence-corrected chi connectivity index (χ0v) is 22.1. The van der Waals surface area contributed by atoms with Crippen molar-refractivity contribution in [1.82, 2.24) is 19.8 Å². The lowest BCUT2D eigenvalue weighted by Gasteiger charge is -2.46. The highest BCUT2D eigenvalue weighted by Crippen LogP contribution is 2.47. The molecule has 3 N–H and O–H groups in total. The number of carbonyl (C=O) groups is 3. The summed E-state index contributed by atoms with van der Waals surface area (Å²) in [6.45, 7) is 4.85. The highest BCUT2D eigenvalue weighted by molar-refractivity contribution is 7.89. The van der Waals surface area contributed by atoms with Gasteiger partial charge in [0.2, 0.25) is 21.9 Å². The van der Waals surface area contributed by atoms with Crippen molar-refractivity contribution in [3.05, 3.63) is 11.3 Å². The molecule has 2 amide bonds. The van der Waals surface area contributed by atoms with Crippen molar-refractivity contribution >= 4 is 52.9 Å². The average molecular weight is 537 g/mol. The maximum atomic E-state index is 12.6. The van der Waals surface area contributed by atoms with Gasteiger partial charge in [-0.1, -0.05) is 6.92 Å². The van der Waals surface area contributed by atoms with Gasteiger partial charge < -0.3 is 19.1 Å². The second-order valence-electron chi connectivity index (χ2n) is 8.59. The number of aliphatic hydroxyl groups is 1. The molecule has 3 aliphatic rings.